The van der Waals surface area contributed by atoms with Crippen LogP contribution in [0.15, 0.2) is 36.7 Å². The number of hydrogen-bond acceptors (Lipinski definition) is 5. The highest BCUT2D eigenvalue weighted by Crippen LogP contribution is 2.23. The number of nitrogens with zero attached hydrogens (tertiary/aromatic N) is 4. The standard InChI is InChI=1S/C23H30FN5O/c24-21-8-6-18(7-9-21)20-15-26-23(27-16-20)29-13-4-5-19(17-29)22(30)25-10-14-28-11-2-1-3-12-28/h6-9,15-16,19H,1-5,10-14,17H2,(H,25,30)/t19-/m1/s1. The number of aromatic nitrogens is 2. The molecule has 1 N–H and O–H groups in total. The topological polar surface area (TPSA) is 61.4 Å². The van der Waals surface area contributed by atoms with Gasteiger partial charge in [0.25, 0.3) is 0 Å². The van der Waals surface area contributed by atoms with Gasteiger partial charge < -0.3 is 15.1 Å². The fraction of sp³-hybridized carbons (Fsp3) is 0.522. The Balaban J connectivity index is 1.29. The molecule has 0 saturated carbocycles. The van der Waals surface area contributed by atoms with Crippen LogP contribution in [0.4, 0.5) is 10.3 Å². The highest BCUT2D eigenvalue weighted by Gasteiger charge is 2.27. The number of rotatable bonds is 6. The number of piperidine rings is 2. The second-order valence-corrected chi connectivity index (χ2v) is 8.26. The van der Waals surface area contributed by atoms with Crippen molar-refractivity contribution >= 4 is 11.9 Å². The second kappa shape index (κ2) is 9.98. The summed E-state index contributed by atoms with van der Waals surface area (Å²) >= 11 is 0. The molecule has 7 heteroatoms. The summed E-state index contributed by atoms with van der Waals surface area (Å²) in [5.41, 5.74) is 1.73. The lowest BCUT2D eigenvalue weighted by atomic mass is 9.97. The SMILES string of the molecule is O=C(NCCN1CCCCC1)[C@@H]1CCCN(c2ncc(-c3ccc(F)cc3)cn2)C1. The Kier molecular flexibility index (Phi) is 6.89. The van der Waals surface area contributed by atoms with Gasteiger partial charge in [0.15, 0.2) is 0 Å². The largest absolute Gasteiger partial charge is 0.355 e. The Bertz CT molecular complexity index is 820. The minimum absolute atomic E-state index is 0.0273. The van der Waals surface area contributed by atoms with E-state index in [-0.39, 0.29) is 17.6 Å². The van der Waals surface area contributed by atoms with Crippen molar-refractivity contribution < 1.29 is 9.18 Å². The van der Waals surface area contributed by atoms with Crippen LogP contribution in [0.2, 0.25) is 0 Å². The van der Waals surface area contributed by atoms with Crippen LogP contribution in [0.1, 0.15) is 32.1 Å². The number of amides is 1. The van der Waals surface area contributed by atoms with Crippen molar-refractivity contribution in [3.05, 3.63) is 42.5 Å². The van der Waals surface area contributed by atoms with Gasteiger partial charge in [0.05, 0.1) is 5.92 Å². The van der Waals surface area contributed by atoms with Crippen LogP contribution in [-0.2, 0) is 4.79 Å². The van der Waals surface area contributed by atoms with Gasteiger partial charge in [0.1, 0.15) is 5.82 Å². The molecule has 0 radical (unpaired) electrons. The lowest BCUT2D eigenvalue weighted by Gasteiger charge is -2.32. The molecule has 0 aliphatic carbocycles. The van der Waals surface area contributed by atoms with E-state index in [4.69, 9.17) is 0 Å². The molecular formula is C23H30FN5O. The van der Waals surface area contributed by atoms with Crippen LogP contribution >= 0.6 is 0 Å². The number of hydrogen-bond donors (Lipinski definition) is 1. The van der Waals surface area contributed by atoms with Gasteiger partial charge in [-0.15, -0.1) is 0 Å². The number of carbonyl (C=O) groups excluding carboxylic acids is 1. The van der Waals surface area contributed by atoms with Gasteiger partial charge in [-0.3, -0.25) is 4.79 Å². The monoisotopic (exact) mass is 411 g/mol. The third-order valence-electron chi connectivity index (χ3n) is 6.07. The minimum atomic E-state index is -0.259. The maximum Gasteiger partial charge on any atom is 0.225 e. The van der Waals surface area contributed by atoms with Crippen LogP contribution in [0, 0.1) is 11.7 Å². The molecule has 2 saturated heterocycles. The van der Waals surface area contributed by atoms with Gasteiger partial charge >= 0.3 is 0 Å². The van der Waals surface area contributed by atoms with Crippen molar-refractivity contribution in [3.8, 4) is 11.1 Å². The molecule has 1 aromatic heterocycles. The Morgan fingerprint density at radius 2 is 1.73 bits per heavy atom. The summed E-state index contributed by atoms with van der Waals surface area (Å²) in [5.74, 6) is 0.497. The van der Waals surface area contributed by atoms with Crippen molar-refractivity contribution in [2.45, 2.75) is 32.1 Å². The fourth-order valence-electron chi connectivity index (χ4n) is 4.31. The molecule has 0 spiro atoms. The number of halogens is 1. The van der Waals surface area contributed by atoms with E-state index in [1.165, 1.54) is 31.4 Å². The van der Waals surface area contributed by atoms with Crippen LogP contribution in [0.5, 0.6) is 0 Å². The summed E-state index contributed by atoms with van der Waals surface area (Å²) in [4.78, 5) is 26.2. The molecule has 1 atom stereocenters. The maximum atomic E-state index is 13.1. The number of likely N-dealkylation sites (tertiary alicyclic amines) is 1. The molecule has 2 aliphatic rings. The number of carbonyl (C=O) groups is 1. The lowest BCUT2D eigenvalue weighted by molar-refractivity contribution is -0.125. The highest BCUT2D eigenvalue weighted by molar-refractivity contribution is 5.79. The molecule has 3 heterocycles. The van der Waals surface area contributed by atoms with Gasteiger partial charge in [-0.2, -0.15) is 0 Å². The normalized spacial score (nSPS) is 20.2. The molecule has 1 amide bonds. The quantitative estimate of drug-likeness (QED) is 0.792. The molecule has 2 fully saturated rings. The number of anilines is 1. The molecule has 30 heavy (non-hydrogen) atoms. The van der Waals surface area contributed by atoms with Crippen molar-refractivity contribution in [2.24, 2.45) is 5.92 Å². The molecule has 160 valence electrons. The summed E-state index contributed by atoms with van der Waals surface area (Å²) in [6.07, 6.45) is 9.24. The highest BCUT2D eigenvalue weighted by atomic mass is 19.1. The third-order valence-corrected chi connectivity index (χ3v) is 6.07. The van der Waals surface area contributed by atoms with Crippen LogP contribution in [0.25, 0.3) is 11.1 Å². The van der Waals surface area contributed by atoms with Crippen molar-refractivity contribution in [3.63, 3.8) is 0 Å². The molecule has 4 rings (SSSR count). The first-order chi connectivity index (χ1) is 14.7. The van der Waals surface area contributed by atoms with E-state index in [0.29, 0.717) is 12.5 Å². The van der Waals surface area contributed by atoms with Crippen LogP contribution in [0.3, 0.4) is 0 Å². The van der Waals surface area contributed by atoms with E-state index in [2.05, 4.69) is 25.1 Å². The van der Waals surface area contributed by atoms with Crippen LogP contribution in [-0.4, -0.2) is 60.0 Å². The zero-order chi connectivity index (χ0) is 20.8. The Hall–Kier alpha value is -2.54. The predicted octanol–water partition coefficient (Wildman–Crippen LogP) is 3.10. The van der Waals surface area contributed by atoms with Gasteiger partial charge in [-0.1, -0.05) is 18.6 Å². The van der Waals surface area contributed by atoms with Gasteiger partial charge in [0.2, 0.25) is 11.9 Å². The van der Waals surface area contributed by atoms with Gasteiger partial charge in [-0.25, -0.2) is 14.4 Å². The third kappa shape index (κ3) is 5.33. The van der Waals surface area contributed by atoms with E-state index in [0.717, 1.165) is 56.7 Å². The Morgan fingerprint density at radius 3 is 2.47 bits per heavy atom. The average molecular weight is 412 g/mol. The van der Waals surface area contributed by atoms with E-state index < -0.39 is 0 Å². The minimum Gasteiger partial charge on any atom is -0.355 e. The molecule has 0 bridgehead atoms. The molecular weight excluding hydrogens is 381 g/mol. The summed E-state index contributed by atoms with van der Waals surface area (Å²) in [6, 6.07) is 6.31. The summed E-state index contributed by atoms with van der Waals surface area (Å²) in [6.45, 7) is 5.46. The molecule has 6 nitrogen and oxygen atoms in total. The molecule has 0 unspecified atom stereocenters. The van der Waals surface area contributed by atoms with E-state index in [1.54, 1.807) is 24.5 Å². The Morgan fingerprint density at radius 1 is 1.00 bits per heavy atom. The first-order valence-corrected chi connectivity index (χ1v) is 11.0. The van der Waals surface area contributed by atoms with E-state index in [9.17, 15) is 9.18 Å². The van der Waals surface area contributed by atoms with Gasteiger partial charge in [0, 0.05) is 44.1 Å². The average Bonchev–Trinajstić information content (AvgIpc) is 2.80. The smallest absolute Gasteiger partial charge is 0.225 e. The predicted molar refractivity (Wildman–Crippen MR) is 116 cm³/mol. The molecule has 2 aromatic rings. The van der Waals surface area contributed by atoms with Crippen molar-refractivity contribution in [1.29, 1.82) is 0 Å². The second-order valence-electron chi connectivity index (χ2n) is 8.26. The van der Waals surface area contributed by atoms with Crippen molar-refractivity contribution in [2.75, 3.05) is 44.2 Å². The summed E-state index contributed by atoms with van der Waals surface area (Å²) in [7, 11) is 0. The summed E-state index contributed by atoms with van der Waals surface area (Å²) < 4.78 is 13.1. The van der Waals surface area contributed by atoms with Crippen molar-refractivity contribution in [1.82, 2.24) is 20.2 Å². The first-order valence-electron chi connectivity index (χ1n) is 11.0. The Labute approximate surface area is 177 Å². The molecule has 1 aromatic carbocycles. The fourth-order valence-corrected chi connectivity index (χ4v) is 4.31. The van der Waals surface area contributed by atoms with Crippen LogP contribution < -0.4 is 10.2 Å². The lowest BCUT2D eigenvalue weighted by Crippen LogP contribution is -2.45. The van der Waals surface area contributed by atoms with E-state index >= 15 is 0 Å². The first kappa shape index (κ1) is 20.7. The summed E-state index contributed by atoms with van der Waals surface area (Å²) in [5, 5.41) is 3.13. The zero-order valence-corrected chi connectivity index (χ0v) is 17.4. The number of nitrogens with one attached hydrogen (secondary N) is 1. The molecule has 2 aliphatic heterocycles. The van der Waals surface area contributed by atoms with Gasteiger partial charge in [-0.05, 0) is 56.5 Å². The number of benzene rings is 1. The zero-order valence-electron chi connectivity index (χ0n) is 17.4. The van der Waals surface area contributed by atoms with E-state index in [1.807, 2.05) is 0 Å². The maximum absolute atomic E-state index is 13.1.